The lowest BCUT2D eigenvalue weighted by Gasteiger charge is -2.25. The van der Waals surface area contributed by atoms with Crippen LogP contribution in [0.1, 0.15) is 37.7 Å². The highest BCUT2D eigenvalue weighted by atomic mass is 16.6. The van der Waals surface area contributed by atoms with Crippen molar-refractivity contribution in [3.63, 3.8) is 0 Å². The lowest BCUT2D eigenvalue weighted by molar-refractivity contribution is -0.132. The molecule has 1 fully saturated rings. The zero-order valence-electron chi connectivity index (χ0n) is 13.1. The van der Waals surface area contributed by atoms with E-state index in [0.29, 0.717) is 30.6 Å². The van der Waals surface area contributed by atoms with Crippen LogP contribution in [0, 0.1) is 0 Å². The molecule has 1 aromatic rings. The van der Waals surface area contributed by atoms with Crippen LogP contribution in [0.4, 0.5) is 0 Å². The lowest BCUT2D eigenvalue weighted by atomic mass is 9.92. The molecular formula is C18H23NO3. The van der Waals surface area contributed by atoms with E-state index >= 15 is 0 Å². The van der Waals surface area contributed by atoms with Gasteiger partial charge >= 0.3 is 0 Å². The molecule has 0 aromatic heterocycles. The van der Waals surface area contributed by atoms with Crippen molar-refractivity contribution in [2.45, 2.75) is 32.1 Å². The summed E-state index contributed by atoms with van der Waals surface area (Å²) in [5.41, 5.74) is 1.38. The molecule has 0 spiro atoms. The second kappa shape index (κ2) is 6.86. The number of nitrogens with zero attached hydrogens (tertiary/aromatic N) is 1. The van der Waals surface area contributed by atoms with Gasteiger partial charge in [0.2, 0.25) is 5.76 Å². The van der Waals surface area contributed by atoms with Crippen LogP contribution in [0.2, 0.25) is 0 Å². The number of carbonyl (C=O) groups excluding carboxylic acids is 1. The van der Waals surface area contributed by atoms with E-state index in [1.165, 1.54) is 5.56 Å². The van der Waals surface area contributed by atoms with Crippen molar-refractivity contribution in [3.05, 3.63) is 47.4 Å². The average Bonchev–Trinajstić information content (AvgIpc) is 2.81. The summed E-state index contributed by atoms with van der Waals surface area (Å²) >= 11 is 0. The first-order chi connectivity index (χ1) is 10.8. The normalized spacial score (nSPS) is 22.6. The molecule has 2 heterocycles. The third-order valence-electron chi connectivity index (χ3n) is 4.45. The first-order valence-corrected chi connectivity index (χ1v) is 8.06. The highest BCUT2D eigenvalue weighted by molar-refractivity contribution is 5.92. The molecule has 3 rings (SSSR count). The van der Waals surface area contributed by atoms with Crippen LogP contribution in [0.25, 0.3) is 0 Å². The van der Waals surface area contributed by atoms with Crippen LogP contribution in [-0.2, 0) is 14.3 Å². The Hall–Kier alpha value is -1.97. The van der Waals surface area contributed by atoms with Crippen LogP contribution >= 0.6 is 0 Å². The van der Waals surface area contributed by atoms with Gasteiger partial charge in [-0.1, -0.05) is 30.3 Å². The standard InChI is InChI=1S/C18H23NO3/c1-14-17(22-13-12-21-14)18(20)19-10-5-8-16(9-11-19)15-6-3-2-4-7-15/h2-4,6-7,16H,5,8-13H2,1H3. The Morgan fingerprint density at radius 1 is 1.09 bits per heavy atom. The van der Waals surface area contributed by atoms with E-state index in [4.69, 9.17) is 9.47 Å². The van der Waals surface area contributed by atoms with Crippen molar-refractivity contribution in [1.82, 2.24) is 4.90 Å². The van der Waals surface area contributed by atoms with Crippen molar-refractivity contribution in [2.24, 2.45) is 0 Å². The Bertz CT molecular complexity index is 553. The van der Waals surface area contributed by atoms with Crippen molar-refractivity contribution < 1.29 is 14.3 Å². The number of ether oxygens (including phenoxy) is 2. The van der Waals surface area contributed by atoms with Gasteiger partial charge in [-0.3, -0.25) is 4.79 Å². The molecule has 0 N–H and O–H groups in total. The minimum absolute atomic E-state index is 0.0223. The molecule has 0 saturated carbocycles. The number of likely N-dealkylation sites (tertiary alicyclic amines) is 1. The zero-order valence-corrected chi connectivity index (χ0v) is 13.1. The third kappa shape index (κ3) is 3.26. The molecule has 1 saturated heterocycles. The number of benzene rings is 1. The molecule has 0 bridgehead atoms. The largest absolute Gasteiger partial charge is 0.491 e. The van der Waals surface area contributed by atoms with E-state index in [0.717, 1.165) is 32.4 Å². The van der Waals surface area contributed by atoms with E-state index in [2.05, 4.69) is 24.3 Å². The Labute approximate surface area is 131 Å². The number of carbonyl (C=O) groups is 1. The molecule has 0 radical (unpaired) electrons. The summed E-state index contributed by atoms with van der Waals surface area (Å²) in [5.74, 6) is 1.52. The summed E-state index contributed by atoms with van der Waals surface area (Å²) in [7, 11) is 0. The molecule has 4 nitrogen and oxygen atoms in total. The molecule has 1 unspecified atom stereocenters. The van der Waals surface area contributed by atoms with Gasteiger partial charge in [-0.15, -0.1) is 0 Å². The fourth-order valence-electron chi connectivity index (χ4n) is 3.22. The van der Waals surface area contributed by atoms with Crippen LogP contribution < -0.4 is 0 Å². The van der Waals surface area contributed by atoms with E-state index in [9.17, 15) is 4.79 Å². The van der Waals surface area contributed by atoms with Crippen LogP contribution in [0.3, 0.4) is 0 Å². The van der Waals surface area contributed by atoms with Gasteiger partial charge in [0.05, 0.1) is 0 Å². The number of hydrogen-bond acceptors (Lipinski definition) is 3. The van der Waals surface area contributed by atoms with E-state index < -0.39 is 0 Å². The molecule has 1 amide bonds. The van der Waals surface area contributed by atoms with Crippen molar-refractivity contribution in [3.8, 4) is 0 Å². The monoisotopic (exact) mass is 301 g/mol. The second-order valence-electron chi connectivity index (χ2n) is 5.91. The molecule has 1 aromatic carbocycles. The second-order valence-corrected chi connectivity index (χ2v) is 5.91. The van der Waals surface area contributed by atoms with Crippen molar-refractivity contribution >= 4 is 5.91 Å². The Morgan fingerprint density at radius 3 is 2.64 bits per heavy atom. The Kier molecular flexibility index (Phi) is 4.66. The molecule has 0 aliphatic carbocycles. The fraction of sp³-hybridized carbons (Fsp3) is 0.500. The lowest BCUT2D eigenvalue weighted by Crippen LogP contribution is -2.35. The average molecular weight is 301 g/mol. The van der Waals surface area contributed by atoms with Gasteiger partial charge in [0, 0.05) is 13.1 Å². The van der Waals surface area contributed by atoms with Gasteiger partial charge in [-0.2, -0.15) is 0 Å². The summed E-state index contributed by atoms with van der Waals surface area (Å²) in [6.45, 7) is 4.36. The highest BCUT2D eigenvalue weighted by Gasteiger charge is 2.27. The van der Waals surface area contributed by atoms with E-state index in [1.54, 1.807) is 6.92 Å². The van der Waals surface area contributed by atoms with Gasteiger partial charge < -0.3 is 14.4 Å². The minimum atomic E-state index is -0.0223. The molecule has 22 heavy (non-hydrogen) atoms. The summed E-state index contributed by atoms with van der Waals surface area (Å²) in [6.07, 6.45) is 3.16. The van der Waals surface area contributed by atoms with Gasteiger partial charge in [0.25, 0.3) is 5.91 Å². The number of rotatable bonds is 2. The maximum atomic E-state index is 12.6. The smallest absolute Gasteiger partial charge is 0.292 e. The molecule has 1 atom stereocenters. The van der Waals surface area contributed by atoms with Crippen molar-refractivity contribution in [2.75, 3.05) is 26.3 Å². The maximum absolute atomic E-state index is 12.6. The Balaban J connectivity index is 1.66. The summed E-state index contributed by atoms with van der Waals surface area (Å²) in [4.78, 5) is 14.5. The topological polar surface area (TPSA) is 38.8 Å². The van der Waals surface area contributed by atoms with E-state index in [1.807, 2.05) is 11.0 Å². The van der Waals surface area contributed by atoms with E-state index in [-0.39, 0.29) is 5.91 Å². The first kappa shape index (κ1) is 14.9. The van der Waals surface area contributed by atoms with Gasteiger partial charge in [0.15, 0.2) is 0 Å². The van der Waals surface area contributed by atoms with Crippen molar-refractivity contribution in [1.29, 1.82) is 0 Å². The Morgan fingerprint density at radius 2 is 1.86 bits per heavy atom. The summed E-state index contributed by atoms with van der Waals surface area (Å²) in [6, 6.07) is 10.6. The SMILES string of the molecule is CC1=C(C(=O)N2CCCC(c3ccccc3)CC2)OCCO1. The number of amides is 1. The minimum Gasteiger partial charge on any atom is -0.491 e. The highest BCUT2D eigenvalue weighted by Crippen LogP contribution is 2.28. The van der Waals surface area contributed by atoms with Gasteiger partial charge in [-0.25, -0.2) is 0 Å². The zero-order chi connectivity index (χ0) is 15.4. The molecular weight excluding hydrogens is 278 g/mol. The van der Waals surface area contributed by atoms with Crippen LogP contribution in [0.15, 0.2) is 41.9 Å². The molecule has 2 aliphatic heterocycles. The van der Waals surface area contributed by atoms with Gasteiger partial charge in [-0.05, 0) is 37.7 Å². The predicted molar refractivity (Wildman–Crippen MR) is 84.2 cm³/mol. The van der Waals surface area contributed by atoms with Crippen LogP contribution in [-0.4, -0.2) is 37.1 Å². The van der Waals surface area contributed by atoms with Crippen LogP contribution in [0.5, 0.6) is 0 Å². The molecule has 118 valence electrons. The number of hydrogen-bond donors (Lipinski definition) is 0. The first-order valence-electron chi connectivity index (χ1n) is 8.06. The van der Waals surface area contributed by atoms with Gasteiger partial charge in [0.1, 0.15) is 19.0 Å². The third-order valence-corrected chi connectivity index (χ3v) is 4.45. The predicted octanol–water partition coefficient (Wildman–Crippen LogP) is 3.06. The summed E-state index contributed by atoms with van der Waals surface area (Å²) < 4.78 is 11.0. The fourth-order valence-corrected chi connectivity index (χ4v) is 3.22. The maximum Gasteiger partial charge on any atom is 0.292 e. The summed E-state index contributed by atoms with van der Waals surface area (Å²) in [5, 5.41) is 0. The molecule has 2 aliphatic rings. The molecule has 4 heteroatoms. The quantitative estimate of drug-likeness (QED) is 0.842. The number of allylic oxidation sites excluding steroid dienone is 1.